The zero-order chi connectivity index (χ0) is 13.0. The van der Waals surface area contributed by atoms with Crippen molar-refractivity contribution in [1.82, 2.24) is 15.0 Å². The summed E-state index contributed by atoms with van der Waals surface area (Å²) in [6, 6.07) is 7.92. The first-order valence-electron chi connectivity index (χ1n) is 5.94. The largest absolute Gasteiger partial charge is 0.494 e. The van der Waals surface area contributed by atoms with Gasteiger partial charge in [0.15, 0.2) is 0 Å². The first-order valence-corrected chi connectivity index (χ1v) is 5.94. The van der Waals surface area contributed by atoms with Crippen molar-refractivity contribution in [3.63, 3.8) is 0 Å². The van der Waals surface area contributed by atoms with Crippen LogP contribution in [0.5, 0.6) is 5.75 Å². The number of benzene rings is 1. The molecule has 0 aliphatic heterocycles. The minimum atomic E-state index is -0.0831. The molecule has 1 aromatic carbocycles. The lowest BCUT2D eigenvalue weighted by Gasteiger charge is -2.06. The third-order valence-electron chi connectivity index (χ3n) is 2.78. The minimum Gasteiger partial charge on any atom is -0.494 e. The lowest BCUT2D eigenvalue weighted by Crippen LogP contribution is -2.02. The Kier molecular flexibility index (Phi) is 3.94. The summed E-state index contributed by atoms with van der Waals surface area (Å²) >= 11 is 0. The van der Waals surface area contributed by atoms with Crippen LogP contribution in [0.1, 0.15) is 23.9 Å². The molecule has 0 aliphatic rings. The molecule has 0 saturated heterocycles. The van der Waals surface area contributed by atoms with E-state index < -0.39 is 0 Å². The monoisotopic (exact) mass is 247 g/mol. The molecule has 18 heavy (non-hydrogen) atoms. The molecule has 0 radical (unpaired) electrons. The van der Waals surface area contributed by atoms with E-state index in [2.05, 4.69) is 10.3 Å². The third kappa shape index (κ3) is 2.68. The maximum absolute atomic E-state index is 9.19. The lowest BCUT2D eigenvalue weighted by molar-refractivity contribution is 0.275. The molecule has 1 N–H and O–H groups in total. The predicted molar refractivity (Wildman–Crippen MR) is 67.3 cm³/mol. The van der Waals surface area contributed by atoms with E-state index in [0.717, 1.165) is 17.0 Å². The number of ether oxygens (including phenoxy) is 1. The van der Waals surface area contributed by atoms with Crippen LogP contribution in [-0.4, -0.2) is 26.7 Å². The van der Waals surface area contributed by atoms with Crippen LogP contribution in [0.3, 0.4) is 0 Å². The van der Waals surface area contributed by atoms with Gasteiger partial charge in [-0.2, -0.15) is 0 Å². The Bertz CT molecular complexity index is 505. The second-order valence-electron chi connectivity index (χ2n) is 4.02. The number of aryl methyl sites for hydroxylation is 1. The van der Waals surface area contributed by atoms with E-state index in [9.17, 15) is 5.11 Å². The highest BCUT2D eigenvalue weighted by molar-refractivity contribution is 5.30. The Hall–Kier alpha value is -1.88. The van der Waals surface area contributed by atoms with Gasteiger partial charge in [-0.15, -0.1) is 5.10 Å². The third-order valence-corrected chi connectivity index (χ3v) is 2.78. The van der Waals surface area contributed by atoms with Crippen molar-refractivity contribution in [1.29, 1.82) is 0 Å². The molecule has 0 atom stereocenters. The highest BCUT2D eigenvalue weighted by Crippen LogP contribution is 2.16. The van der Waals surface area contributed by atoms with Gasteiger partial charge in [0, 0.05) is 13.5 Å². The van der Waals surface area contributed by atoms with Crippen molar-refractivity contribution < 1.29 is 9.84 Å². The lowest BCUT2D eigenvalue weighted by atomic mass is 10.1. The zero-order valence-corrected chi connectivity index (χ0v) is 10.6. The Morgan fingerprint density at radius 2 is 2.00 bits per heavy atom. The van der Waals surface area contributed by atoms with Gasteiger partial charge >= 0.3 is 0 Å². The van der Waals surface area contributed by atoms with E-state index >= 15 is 0 Å². The van der Waals surface area contributed by atoms with E-state index in [1.54, 1.807) is 4.68 Å². The first kappa shape index (κ1) is 12.6. The number of hydrogen-bond acceptors (Lipinski definition) is 4. The van der Waals surface area contributed by atoms with Gasteiger partial charge in [0.25, 0.3) is 0 Å². The van der Waals surface area contributed by atoms with Crippen LogP contribution in [0.4, 0.5) is 0 Å². The van der Waals surface area contributed by atoms with Gasteiger partial charge in [0.05, 0.1) is 18.9 Å². The fraction of sp³-hybridized carbons (Fsp3) is 0.385. The fourth-order valence-corrected chi connectivity index (χ4v) is 1.82. The molecule has 0 saturated carbocycles. The number of aliphatic hydroxyl groups is 1. The Balaban J connectivity index is 2.15. The van der Waals surface area contributed by atoms with Crippen molar-refractivity contribution >= 4 is 0 Å². The molecule has 0 bridgehead atoms. The molecule has 0 amide bonds. The van der Waals surface area contributed by atoms with E-state index in [4.69, 9.17) is 4.74 Å². The molecule has 0 spiro atoms. The summed E-state index contributed by atoms with van der Waals surface area (Å²) < 4.78 is 7.09. The van der Waals surface area contributed by atoms with E-state index in [1.165, 1.54) is 0 Å². The normalized spacial score (nSPS) is 10.6. The van der Waals surface area contributed by atoms with E-state index in [1.807, 2.05) is 38.2 Å². The van der Waals surface area contributed by atoms with E-state index in [-0.39, 0.29) is 6.61 Å². The summed E-state index contributed by atoms with van der Waals surface area (Å²) in [4.78, 5) is 0. The van der Waals surface area contributed by atoms with Gasteiger partial charge in [-0.05, 0) is 24.6 Å². The molecule has 0 aliphatic carbocycles. The molecule has 0 unspecified atom stereocenters. The molecule has 5 heteroatoms. The quantitative estimate of drug-likeness (QED) is 0.865. The molecule has 5 nitrogen and oxygen atoms in total. The van der Waals surface area contributed by atoms with Crippen molar-refractivity contribution in [2.24, 2.45) is 7.05 Å². The van der Waals surface area contributed by atoms with Crippen LogP contribution in [0, 0.1) is 0 Å². The van der Waals surface area contributed by atoms with Crippen molar-refractivity contribution in [3.8, 4) is 5.75 Å². The van der Waals surface area contributed by atoms with Crippen molar-refractivity contribution in [2.45, 2.75) is 20.0 Å². The second kappa shape index (κ2) is 5.64. The van der Waals surface area contributed by atoms with Crippen LogP contribution in [0.15, 0.2) is 24.3 Å². The van der Waals surface area contributed by atoms with E-state index in [0.29, 0.717) is 18.7 Å². The number of aliphatic hydroxyl groups excluding tert-OH is 1. The smallest absolute Gasteiger partial charge is 0.119 e. The van der Waals surface area contributed by atoms with Crippen LogP contribution >= 0.6 is 0 Å². The van der Waals surface area contributed by atoms with Crippen LogP contribution < -0.4 is 4.74 Å². The predicted octanol–water partition coefficient (Wildman–Crippen LogP) is 1.30. The Morgan fingerprint density at radius 1 is 1.28 bits per heavy atom. The maximum Gasteiger partial charge on any atom is 0.119 e. The Labute approximate surface area is 106 Å². The number of rotatable bonds is 5. The van der Waals surface area contributed by atoms with Crippen molar-refractivity contribution in [2.75, 3.05) is 6.61 Å². The molecular weight excluding hydrogens is 230 g/mol. The summed E-state index contributed by atoms with van der Waals surface area (Å²) in [5.74, 6) is 0.867. The highest BCUT2D eigenvalue weighted by Gasteiger charge is 2.10. The summed E-state index contributed by atoms with van der Waals surface area (Å²) in [6.07, 6.45) is 0.700. The number of aromatic nitrogens is 3. The summed E-state index contributed by atoms with van der Waals surface area (Å²) in [7, 11) is 1.83. The van der Waals surface area contributed by atoms with Crippen molar-refractivity contribution in [3.05, 3.63) is 41.2 Å². The van der Waals surface area contributed by atoms with Gasteiger partial charge in [-0.3, -0.25) is 4.68 Å². The second-order valence-corrected chi connectivity index (χ2v) is 4.02. The molecule has 1 aromatic heterocycles. The molecular formula is C13H17N3O2. The van der Waals surface area contributed by atoms with Gasteiger partial charge in [0.2, 0.25) is 0 Å². The zero-order valence-electron chi connectivity index (χ0n) is 10.6. The molecule has 2 rings (SSSR count). The summed E-state index contributed by atoms with van der Waals surface area (Å²) in [5.41, 5.74) is 2.70. The van der Waals surface area contributed by atoms with Gasteiger partial charge in [-0.1, -0.05) is 17.3 Å². The summed E-state index contributed by atoms with van der Waals surface area (Å²) in [5, 5.41) is 17.0. The molecule has 0 fully saturated rings. The molecule has 2 aromatic rings. The number of nitrogens with zero attached hydrogens (tertiary/aromatic N) is 3. The van der Waals surface area contributed by atoms with Gasteiger partial charge in [-0.25, -0.2) is 0 Å². The summed E-state index contributed by atoms with van der Waals surface area (Å²) in [6.45, 7) is 2.54. The highest BCUT2D eigenvalue weighted by atomic mass is 16.5. The standard InChI is InChI=1S/C13H17N3O2/c1-3-18-11-6-4-10(5-7-11)8-13-12(9-17)14-15-16(13)2/h4-7,17H,3,8-9H2,1-2H3. The molecule has 1 heterocycles. The van der Waals surface area contributed by atoms with Crippen LogP contribution in [-0.2, 0) is 20.1 Å². The maximum atomic E-state index is 9.19. The average Bonchev–Trinajstić information content (AvgIpc) is 2.73. The SMILES string of the molecule is CCOc1ccc(Cc2c(CO)nnn2C)cc1. The minimum absolute atomic E-state index is 0.0831. The topological polar surface area (TPSA) is 60.2 Å². The fourth-order valence-electron chi connectivity index (χ4n) is 1.82. The Morgan fingerprint density at radius 3 is 2.61 bits per heavy atom. The van der Waals surface area contributed by atoms with Crippen LogP contribution in [0.25, 0.3) is 0 Å². The van der Waals surface area contributed by atoms with Crippen LogP contribution in [0.2, 0.25) is 0 Å². The number of hydrogen-bond donors (Lipinski definition) is 1. The first-order chi connectivity index (χ1) is 8.74. The van der Waals surface area contributed by atoms with Gasteiger partial charge < -0.3 is 9.84 Å². The average molecular weight is 247 g/mol. The van der Waals surface area contributed by atoms with Gasteiger partial charge in [0.1, 0.15) is 11.4 Å². The molecule has 96 valence electrons.